The van der Waals surface area contributed by atoms with E-state index in [2.05, 4.69) is 45.8 Å². The van der Waals surface area contributed by atoms with Crippen LogP contribution in [0.15, 0.2) is 58.3 Å². The number of likely N-dealkylation sites (tertiary alicyclic amines) is 1. The van der Waals surface area contributed by atoms with E-state index in [1.54, 1.807) is 5.38 Å². The first kappa shape index (κ1) is 22.8. The summed E-state index contributed by atoms with van der Waals surface area (Å²) < 4.78 is 42.7. The molecule has 174 valence electrons. The van der Waals surface area contributed by atoms with Gasteiger partial charge in [-0.05, 0) is 53.4 Å². The Morgan fingerprint density at radius 1 is 1.30 bits per heavy atom. The summed E-state index contributed by atoms with van der Waals surface area (Å²) in [5.41, 5.74) is 3.69. The average Bonchev–Trinajstić information content (AvgIpc) is 3.20. The molecule has 1 aliphatic heterocycles. The van der Waals surface area contributed by atoms with Gasteiger partial charge in [-0.2, -0.15) is 0 Å². The number of hydrogen-bond donors (Lipinski definition) is 1. The van der Waals surface area contributed by atoms with Crippen molar-refractivity contribution in [1.29, 1.82) is 0 Å². The van der Waals surface area contributed by atoms with Crippen LogP contribution >= 0.6 is 22.9 Å². The molecule has 1 saturated carbocycles. The lowest BCUT2D eigenvalue weighted by molar-refractivity contribution is 0.308. The summed E-state index contributed by atoms with van der Waals surface area (Å²) in [5.74, 6) is -0.284. The molecular formula is C24H25ClFN3O2S2. The van der Waals surface area contributed by atoms with Crippen LogP contribution in [0.3, 0.4) is 0 Å². The van der Waals surface area contributed by atoms with Crippen LogP contribution in [0.4, 0.5) is 10.2 Å². The number of anilines is 1. The Morgan fingerprint density at radius 2 is 2.06 bits per heavy atom. The van der Waals surface area contributed by atoms with Crippen LogP contribution in [-0.2, 0) is 16.6 Å². The lowest BCUT2D eigenvalue weighted by Gasteiger charge is -2.26. The first-order valence-electron chi connectivity index (χ1n) is 10.9. The third-order valence-electron chi connectivity index (χ3n) is 7.03. The molecule has 1 aromatic heterocycles. The summed E-state index contributed by atoms with van der Waals surface area (Å²) in [6.07, 6.45) is 2.33. The van der Waals surface area contributed by atoms with Crippen molar-refractivity contribution in [3.8, 4) is 0 Å². The fourth-order valence-corrected chi connectivity index (χ4v) is 7.25. The molecule has 2 aromatic carbocycles. The normalized spacial score (nSPS) is 20.8. The van der Waals surface area contributed by atoms with Crippen molar-refractivity contribution in [1.82, 2.24) is 9.88 Å². The second-order valence-corrected chi connectivity index (χ2v) is 12.0. The highest BCUT2D eigenvalue weighted by molar-refractivity contribution is 7.92. The Bertz CT molecular complexity index is 1250. The lowest BCUT2D eigenvalue weighted by atomic mass is 9.79. The van der Waals surface area contributed by atoms with Gasteiger partial charge in [0.05, 0.1) is 5.51 Å². The topological polar surface area (TPSA) is 62.3 Å². The van der Waals surface area contributed by atoms with Gasteiger partial charge >= 0.3 is 0 Å². The van der Waals surface area contributed by atoms with E-state index in [4.69, 9.17) is 11.6 Å². The van der Waals surface area contributed by atoms with E-state index in [1.807, 2.05) is 6.07 Å². The first-order chi connectivity index (χ1) is 15.8. The maximum Gasteiger partial charge on any atom is 0.266 e. The van der Waals surface area contributed by atoms with Crippen LogP contribution in [-0.4, -0.2) is 31.4 Å². The molecule has 1 N–H and O–H groups in total. The predicted molar refractivity (Wildman–Crippen MR) is 130 cm³/mol. The smallest absolute Gasteiger partial charge is 0.266 e. The number of aromatic nitrogens is 1. The highest BCUT2D eigenvalue weighted by Gasteiger charge is 2.56. The largest absolute Gasteiger partial charge is 0.298 e. The number of hydrogen-bond acceptors (Lipinski definition) is 5. The van der Waals surface area contributed by atoms with Crippen LogP contribution in [0.5, 0.6) is 0 Å². The van der Waals surface area contributed by atoms with Crippen LogP contribution in [0.25, 0.3) is 0 Å². The third kappa shape index (κ3) is 4.54. The highest BCUT2D eigenvalue weighted by Crippen LogP contribution is 2.60. The first-order valence-corrected chi connectivity index (χ1v) is 13.7. The molecule has 1 aliphatic carbocycles. The maximum atomic E-state index is 15.1. The van der Waals surface area contributed by atoms with E-state index in [-0.39, 0.29) is 22.2 Å². The molecule has 5 nitrogen and oxygen atoms in total. The van der Waals surface area contributed by atoms with Crippen molar-refractivity contribution in [2.75, 3.05) is 17.8 Å². The average molecular weight is 506 g/mol. The van der Waals surface area contributed by atoms with Crippen LogP contribution in [0.1, 0.15) is 36.8 Å². The van der Waals surface area contributed by atoms with Gasteiger partial charge in [0.25, 0.3) is 10.0 Å². The van der Waals surface area contributed by atoms with Gasteiger partial charge in [-0.15, -0.1) is 11.3 Å². The van der Waals surface area contributed by atoms with Gasteiger partial charge < -0.3 is 0 Å². The summed E-state index contributed by atoms with van der Waals surface area (Å²) in [4.78, 5) is 5.92. The van der Waals surface area contributed by atoms with E-state index in [0.717, 1.165) is 32.5 Å². The van der Waals surface area contributed by atoms with Gasteiger partial charge in [0.15, 0.2) is 5.82 Å². The van der Waals surface area contributed by atoms with Gasteiger partial charge in [-0.1, -0.05) is 48.9 Å². The Balaban J connectivity index is 1.37. The molecule has 1 spiro atoms. The zero-order valence-corrected chi connectivity index (χ0v) is 20.6. The monoisotopic (exact) mass is 505 g/mol. The van der Waals surface area contributed by atoms with E-state index in [1.165, 1.54) is 34.5 Å². The minimum absolute atomic E-state index is 0.0125. The van der Waals surface area contributed by atoms with Crippen LogP contribution < -0.4 is 4.72 Å². The number of thiazole rings is 1. The molecule has 0 bridgehead atoms. The molecule has 2 heterocycles. The SMILES string of the molecule is CC(c1cc(F)c(S(=O)(=O)Nc2cscn2)cc1Cl)[C@@H]1CN(Cc2ccccc2)CC12CC2. The van der Waals surface area contributed by atoms with Gasteiger partial charge in [0.1, 0.15) is 10.7 Å². The Morgan fingerprint density at radius 3 is 2.73 bits per heavy atom. The van der Waals surface area contributed by atoms with Crippen molar-refractivity contribution in [3.05, 3.63) is 75.3 Å². The molecular weight excluding hydrogens is 481 g/mol. The maximum absolute atomic E-state index is 15.1. The van der Waals surface area contributed by atoms with Gasteiger partial charge in [0, 0.05) is 30.0 Å². The Hall–Kier alpha value is -2.00. The zero-order chi connectivity index (χ0) is 23.2. The van der Waals surface area contributed by atoms with E-state index >= 15 is 4.39 Å². The molecule has 33 heavy (non-hydrogen) atoms. The standard InChI is InChI=1S/C24H25ClFN3O2S2/c1-16(19-12-29(14-24(19)7-8-24)11-17-5-3-2-4-6-17)18-9-21(26)22(10-20(18)25)33(30,31)28-23-13-32-15-27-23/h2-6,9-10,13,15-16,19,28H,7-8,11-12,14H2,1H3/t16?,19-/m0/s1. The molecule has 9 heteroatoms. The number of nitrogens with zero attached hydrogens (tertiary/aromatic N) is 2. The molecule has 2 aliphatic rings. The minimum Gasteiger partial charge on any atom is -0.298 e. The van der Waals surface area contributed by atoms with Crippen molar-refractivity contribution in [2.24, 2.45) is 11.3 Å². The van der Waals surface area contributed by atoms with Crippen molar-refractivity contribution >= 4 is 38.8 Å². The highest BCUT2D eigenvalue weighted by atomic mass is 35.5. The molecule has 0 radical (unpaired) electrons. The predicted octanol–water partition coefficient (Wildman–Crippen LogP) is 5.75. The van der Waals surface area contributed by atoms with E-state index in [0.29, 0.717) is 11.5 Å². The zero-order valence-electron chi connectivity index (χ0n) is 18.2. The fourth-order valence-electron chi connectivity index (χ4n) is 5.21. The van der Waals surface area contributed by atoms with Crippen molar-refractivity contribution in [3.63, 3.8) is 0 Å². The molecule has 0 amide bonds. The van der Waals surface area contributed by atoms with E-state index in [9.17, 15) is 8.42 Å². The summed E-state index contributed by atoms with van der Waals surface area (Å²) in [7, 11) is -4.13. The number of nitrogens with one attached hydrogen (secondary N) is 1. The molecule has 3 aromatic rings. The summed E-state index contributed by atoms with van der Waals surface area (Å²) >= 11 is 7.80. The molecule has 1 unspecified atom stereocenters. The van der Waals surface area contributed by atoms with Crippen LogP contribution in [0, 0.1) is 17.2 Å². The summed E-state index contributed by atoms with van der Waals surface area (Å²) in [6, 6.07) is 12.9. The molecule has 1 saturated heterocycles. The second kappa shape index (κ2) is 8.65. The van der Waals surface area contributed by atoms with Crippen molar-refractivity contribution in [2.45, 2.75) is 37.1 Å². The van der Waals surface area contributed by atoms with Gasteiger partial charge in [0.2, 0.25) is 0 Å². The quantitative estimate of drug-likeness (QED) is 0.444. The summed E-state index contributed by atoms with van der Waals surface area (Å²) in [6.45, 7) is 4.92. The molecule has 5 rings (SSSR count). The number of benzene rings is 2. The third-order valence-corrected chi connectivity index (χ3v) is 9.31. The minimum atomic E-state index is -4.13. The number of rotatable bonds is 7. The van der Waals surface area contributed by atoms with Gasteiger partial charge in [-0.3, -0.25) is 9.62 Å². The summed E-state index contributed by atoms with van der Waals surface area (Å²) in [5, 5.41) is 1.82. The lowest BCUT2D eigenvalue weighted by Crippen LogP contribution is -2.22. The Kier molecular flexibility index (Phi) is 5.97. The molecule has 2 atom stereocenters. The van der Waals surface area contributed by atoms with Crippen LogP contribution in [0.2, 0.25) is 5.02 Å². The van der Waals surface area contributed by atoms with Gasteiger partial charge in [-0.25, -0.2) is 17.8 Å². The second-order valence-electron chi connectivity index (χ2n) is 9.20. The number of sulfonamides is 1. The van der Waals surface area contributed by atoms with E-state index < -0.39 is 20.7 Å². The molecule has 2 fully saturated rings. The number of halogens is 2. The fraction of sp³-hybridized carbons (Fsp3) is 0.375. The van der Waals surface area contributed by atoms with Crippen molar-refractivity contribution < 1.29 is 12.8 Å². The Labute approximate surface area is 202 Å².